The van der Waals surface area contributed by atoms with Crippen molar-refractivity contribution < 1.29 is 28.8 Å². The average Bonchev–Trinajstić information content (AvgIpc) is 4.24. The normalized spacial score (nSPS) is 21.3. The molecule has 2 saturated heterocycles. The van der Waals surface area contributed by atoms with Crippen LogP contribution in [0, 0.1) is 0 Å². The summed E-state index contributed by atoms with van der Waals surface area (Å²) in [6, 6.07) is 11.7. The minimum Gasteiger partial charge on any atom is -0.347 e. The minimum absolute atomic E-state index is 0.0791. The van der Waals surface area contributed by atoms with Gasteiger partial charge in [0.05, 0.1) is 35.6 Å². The lowest BCUT2D eigenvalue weighted by Gasteiger charge is -2.31. The van der Waals surface area contributed by atoms with Crippen molar-refractivity contribution in [3.8, 4) is 0 Å². The summed E-state index contributed by atoms with van der Waals surface area (Å²) in [6.07, 6.45) is 12.2. The van der Waals surface area contributed by atoms with E-state index in [4.69, 9.17) is 0 Å². The Labute approximate surface area is 415 Å². The third kappa shape index (κ3) is 12.3. The molecule has 6 amide bonds. The molecule has 8 atom stereocenters. The molecule has 2 aromatic carbocycles. The van der Waals surface area contributed by atoms with E-state index in [1.807, 2.05) is 24.3 Å². The second-order valence-corrected chi connectivity index (χ2v) is 19.5. The summed E-state index contributed by atoms with van der Waals surface area (Å²) in [5, 5.41) is 35.5. The van der Waals surface area contributed by atoms with Gasteiger partial charge in [-0.2, -0.15) is 0 Å². The van der Waals surface area contributed by atoms with Gasteiger partial charge < -0.3 is 41.7 Å². The van der Waals surface area contributed by atoms with Crippen LogP contribution in [0.15, 0.2) is 60.9 Å². The van der Waals surface area contributed by atoms with Crippen LogP contribution in [-0.4, -0.2) is 139 Å². The number of fused-ring (bicyclic) bond motifs is 2. The predicted molar refractivity (Wildman–Crippen MR) is 263 cm³/mol. The van der Waals surface area contributed by atoms with E-state index in [1.54, 1.807) is 59.5 Å². The number of likely N-dealkylation sites (N-methyl/N-ethyl adjacent to an activating group) is 2. The number of aromatic nitrogens is 6. The van der Waals surface area contributed by atoms with Gasteiger partial charge in [-0.25, -0.2) is 0 Å². The summed E-state index contributed by atoms with van der Waals surface area (Å²) in [5.74, 6) is -1.75. The molecule has 2 aliphatic carbocycles. The Bertz CT molecular complexity index is 2360. The van der Waals surface area contributed by atoms with E-state index in [-0.39, 0.29) is 60.4 Å². The molecule has 71 heavy (non-hydrogen) atoms. The number of carbonyl (C=O) groups excluding carboxylic acids is 6. The zero-order valence-electron chi connectivity index (χ0n) is 41.4. The van der Waals surface area contributed by atoms with Crippen molar-refractivity contribution in [2.24, 2.45) is 0 Å². The van der Waals surface area contributed by atoms with Crippen LogP contribution in [0.4, 0.5) is 0 Å². The summed E-state index contributed by atoms with van der Waals surface area (Å²) in [6.45, 7) is 5.13. The summed E-state index contributed by atoms with van der Waals surface area (Å²) in [7, 11) is 3.34. The van der Waals surface area contributed by atoms with Crippen molar-refractivity contribution in [2.75, 3.05) is 27.2 Å². The molecule has 0 radical (unpaired) electrons. The highest BCUT2D eigenvalue weighted by Crippen LogP contribution is 2.32. The molecule has 1 unspecified atom stereocenters. The number of hydrogen-bond acceptors (Lipinski definition) is 12. The Balaban J connectivity index is 0.872. The molecular weight excluding hydrogens is 905 g/mol. The first-order chi connectivity index (χ1) is 34.4. The zero-order chi connectivity index (χ0) is 50.0. The van der Waals surface area contributed by atoms with Crippen LogP contribution >= 0.6 is 0 Å². The van der Waals surface area contributed by atoms with Gasteiger partial charge in [-0.1, -0.05) is 59.0 Å². The third-order valence-corrected chi connectivity index (χ3v) is 14.7. The Morgan fingerprint density at radius 2 is 1.01 bits per heavy atom. The third-order valence-electron chi connectivity index (χ3n) is 14.7. The van der Waals surface area contributed by atoms with Crippen molar-refractivity contribution in [1.82, 2.24) is 71.7 Å². The molecule has 20 heteroatoms. The fourth-order valence-corrected chi connectivity index (χ4v) is 10.5. The first kappa shape index (κ1) is 50.8. The van der Waals surface area contributed by atoms with E-state index in [0.717, 1.165) is 49.7 Å². The number of nitrogens with zero attached hydrogens (tertiary/aromatic N) is 8. The van der Waals surface area contributed by atoms with Gasteiger partial charge in [0.1, 0.15) is 24.2 Å². The van der Waals surface area contributed by atoms with Crippen LogP contribution in [0.3, 0.4) is 0 Å². The SMILES string of the molecule is CN[C@@H](C)C(=O)N[C@@H](Cc1cn(CCCn2cc(C[C@H](NC(=O)[C@H](C)NC)C(=O)N3CCC[C@H]3C(=O)N[C@@H]3CCCc4ccccc43)nn2)nn1)C(=O)N1CCC[C@H]1C(=O)NC1CCCc2ccccc21. The van der Waals surface area contributed by atoms with Crippen LogP contribution in [0.25, 0.3) is 0 Å². The molecule has 6 N–H and O–H groups in total. The van der Waals surface area contributed by atoms with E-state index in [0.29, 0.717) is 69.7 Å². The van der Waals surface area contributed by atoms with Gasteiger partial charge in [0.2, 0.25) is 35.4 Å². The number of hydrogen-bond donors (Lipinski definition) is 6. The van der Waals surface area contributed by atoms with E-state index in [1.165, 1.54) is 11.1 Å². The fourth-order valence-electron chi connectivity index (χ4n) is 10.5. The quantitative estimate of drug-likeness (QED) is 0.0741. The standard InChI is InChI=1S/C51H70N14O6/c1-32(52-3)46(66)56-42(50(70)64-26-11-22-44(64)48(68)54-40-20-9-16-34-14-5-7-18-38(34)40)28-36-30-62(60-58-36)24-13-25-63-31-37(59-61-63)29-43(57-47(67)33(2)53-4)51(71)65-27-12-23-45(65)49(69)55-41-21-10-17-35-15-6-8-19-39(35)41/h5-8,14-15,18-19,30-33,40-45,52-53H,9-13,16-17,20-29H2,1-4H3,(H,54,68)(H,55,69)(H,56,66)(H,57,67)/t32-,33-,40+,41?,42-,43-,44-,45-/m0/s1. The summed E-state index contributed by atoms with van der Waals surface area (Å²) in [5.41, 5.74) is 5.73. The number of amides is 6. The lowest BCUT2D eigenvalue weighted by molar-refractivity contribution is -0.141. The molecule has 20 nitrogen and oxygen atoms in total. The second kappa shape index (κ2) is 23.6. The van der Waals surface area contributed by atoms with Gasteiger partial charge >= 0.3 is 0 Å². The minimum atomic E-state index is -0.976. The Morgan fingerprint density at radius 3 is 1.44 bits per heavy atom. The van der Waals surface area contributed by atoms with Crippen molar-refractivity contribution in [1.29, 1.82) is 0 Å². The molecular formula is C51H70N14O6. The number of benzene rings is 2. The van der Waals surface area contributed by atoms with Crippen molar-refractivity contribution in [3.63, 3.8) is 0 Å². The summed E-state index contributed by atoms with van der Waals surface area (Å²) < 4.78 is 3.34. The van der Waals surface area contributed by atoms with E-state index in [2.05, 4.69) is 76.8 Å². The number of aryl methyl sites for hydroxylation is 4. The van der Waals surface area contributed by atoms with Gasteiger partial charge in [-0.05, 0) is 121 Å². The van der Waals surface area contributed by atoms with Crippen LogP contribution in [0.2, 0.25) is 0 Å². The Hall–Kier alpha value is -6.54. The highest BCUT2D eigenvalue weighted by Gasteiger charge is 2.41. The molecule has 380 valence electrons. The van der Waals surface area contributed by atoms with Crippen molar-refractivity contribution >= 4 is 35.4 Å². The monoisotopic (exact) mass is 975 g/mol. The smallest absolute Gasteiger partial charge is 0.246 e. The van der Waals surface area contributed by atoms with E-state index >= 15 is 0 Å². The molecule has 4 aromatic rings. The summed E-state index contributed by atoms with van der Waals surface area (Å²) >= 11 is 0. The molecule has 2 fully saturated rings. The first-order valence-electron chi connectivity index (χ1n) is 25.5. The average molecular weight is 975 g/mol. The highest BCUT2D eigenvalue weighted by atomic mass is 16.2. The fraction of sp³-hybridized carbons (Fsp3) is 0.569. The van der Waals surface area contributed by atoms with Crippen LogP contribution in [0.5, 0.6) is 0 Å². The van der Waals surface area contributed by atoms with Gasteiger partial charge in [-0.3, -0.25) is 38.1 Å². The topological polar surface area (TPSA) is 242 Å². The lowest BCUT2D eigenvalue weighted by atomic mass is 9.87. The van der Waals surface area contributed by atoms with Gasteiger partial charge in [0, 0.05) is 51.4 Å². The number of nitrogens with one attached hydrogen (secondary N) is 6. The highest BCUT2D eigenvalue weighted by molar-refractivity contribution is 5.95. The zero-order valence-corrected chi connectivity index (χ0v) is 41.4. The van der Waals surface area contributed by atoms with Crippen molar-refractivity contribution in [3.05, 3.63) is 94.6 Å². The van der Waals surface area contributed by atoms with Gasteiger partial charge in [0.15, 0.2) is 0 Å². The molecule has 0 bridgehead atoms. The van der Waals surface area contributed by atoms with Crippen LogP contribution in [-0.2, 0) is 67.5 Å². The maximum atomic E-state index is 14.3. The first-order valence-corrected chi connectivity index (χ1v) is 25.5. The molecule has 0 spiro atoms. The van der Waals surface area contributed by atoms with Gasteiger partial charge in [0.25, 0.3) is 0 Å². The number of carbonyl (C=O) groups is 6. The molecule has 4 heterocycles. The van der Waals surface area contributed by atoms with Gasteiger partial charge in [-0.15, -0.1) is 10.2 Å². The Morgan fingerprint density at radius 1 is 0.592 bits per heavy atom. The van der Waals surface area contributed by atoms with Crippen molar-refractivity contribution in [2.45, 2.75) is 159 Å². The lowest BCUT2D eigenvalue weighted by Crippen LogP contribution is -2.56. The maximum absolute atomic E-state index is 14.3. The summed E-state index contributed by atoms with van der Waals surface area (Å²) in [4.78, 5) is 85.9. The maximum Gasteiger partial charge on any atom is 0.246 e. The predicted octanol–water partition coefficient (Wildman–Crippen LogP) is 1.60. The molecule has 2 aliphatic heterocycles. The molecule has 4 aliphatic rings. The van der Waals surface area contributed by atoms with E-state index < -0.39 is 36.3 Å². The number of likely N-dealkylation sites (tertiary alicyclic amines) is 2. The van der Waals surface area contributed by atoms with E-state index in [9.17, 15) is 28.8 Å². The molecule has 0 saturated carbocycles. The largest absolute Gasteiger partial charge is 0.347 e. The molecule has 8 rings (SSSR count). The Kier molecular flexibility index (Phi) is 16.9. The second-order valence-electron chi connectivity index (χ2n) is 19.5. The molecule has 2 aromatic heterocycles. The number of rotatable bonds is 20. The van der Waals surface area contributed by atoms with Crippen LogP contribution in [0.1, 0.15) is 117 Å². The van der Waals surface area contributed by atoms with Crippen LogP contribution < -0.4 is 31.9 Å².